The van der Waals surface area contributed by atoms with Crippen molar-refractivity contribution in [3.05, 3.63) is 59.4 Å². The van der Waals surface area contributed by atoms with Crippen LogP contribution < -0.4 is 9.64 Å². The molecular formula is C20H22ClFN2O2. The highest BCUT2D eigenvalue weighted by molar-refractivity contribution is 6.32. The summed E-state index contributed by atoms with van der Waals surface area (Å²) in [4.78, 5) is 16.6. The molecule has 0 saturated carbocycles. The Balaban J connectivity index is 1.62. The summed E-state index contributed by atoms with van der Waals surface area (Å²) in [6, 6.07) is 13.9. The number of amides is 1. The van der Waals surface area contributed by atoms with Gasteiger partial charge in [-0.1, -0.05) is 42.8 Å². The second kappa shape index (κ2) is 8.41. The predicted octanol–water partition coefficient (Wildman–Crippen LogP) is 3.99. The number of nitrogens with zero attached hydrogens (tertiary/aromatic N) is 2. The lowest BCUT2D eigenvalue weighted by molar-refractivity contribution is -0.139. The first-order valence-corrected chi connectivity index (χ1v) is 9.17. The number of hydrogen-bond acceptors (Lipinski definition) is 3. The number of ether oxygens (including phenoxy) is 1. The van der Waals surface area contributed by atoms with E-state index < -0.39 is 6.10 Å². The fourth-order valence-corrected chi connectivity index (χ4v) is 3.26. The molecule has 138 valence electrons. The van der Waals surface area contributed by atoms with Gasteiger partial charge in [0.05, 0.1) is 10.7 Å². The van der Waals surface area contributed by atoms with Crippen LogP contribution in [0.4, 0.5) is 10.1 Å². The topological polar surface area (TPSA) is 32.8 Å². The number of anilines is 1. The molecule has 0 aromatic heterocycles. The highest BCUT2D eigenvalue weighted by Gasteiger charge is 2.28. The van der Waals surface area contributed by atoms with Crippen molar-refractivity contribution in [1.82, 2.24) is 4.90 Å². The molecule has 0 radical (unpaired) electrons. The van der Waals surface area contributed by atoms with Gasteiger partial charge in [-0.25, -0.2) is 4.39 Å². The largest absolute Gasteiger partial charge is 0.479 e. The van der Waals surface area contributed by atoms with Crippen molar-refractivity contribution in [3.8, 4) is 5.75 Å². The highest BCUT2D eigenvalue weighted by atomic mass is 35.5. The predicted molar refractivity (Wildman–Crippen MR) is 101 cm³/mol. The van der Waals surface area contributed by atoms with Crippen LogP contribution in [-0.4, -0.2) is 43.1 Å². The molecular weight excluding hydrogens is 355 g/mol. The van der Waals surface area contributed by atoms with Crippen LogP contribution in [0.2, 0.25) is 5.02 Å². The van der Waals surface area contributed by atoms with E-state index in [1.54, 1.807) is 29.2 Å². The summed E-state index contributed by atoms with van der Waals surface area (Å²) in [5.74, 6) is 0.223. The fourth-order valence-electron chi connectivity index (χ4n) is 3.08. The van der Waals surface area contributed by atoms with Gasteiger partial charge >= 0.3 is 0 Å². The Morgan fingerprint density at radius 3 is 2.42 bits per heavy atom. The zero-order chi connectivity index (χ0) is 18.5. The van der Waals surface area contributed by atoms with Crippen molar-refractivity contribution < 1.29 is 13.9 Å². The SMILES string of the molecule is CC[C@H](Oc1ccccc1Cl)C(=O)N1CCN(c2ccccc2F)CC1. The summed E-state index contributed by atoms with van der Waals surface area (Å²) in [6.45, 7) is 4.17. The molecule has 0 aliphatic carbocycles. The molecule has 1 heterocycles. The van der Waals surface area contributed by atoms with E-state index in [9.17, 15) is 9.18 Å². The van der Waals surface area contributed by atoms with E-state index in [0.717, 1.165) is 0 Å². The third kappa shape index (κ3) is 4.10. The zero-order valence-electron chi connectivity index (χ0n) is 14.7. The summed E-state index contributed by atoms with van der Waals surface area (Å²) in [5.41, 5.74) is 0.582. The average molecular weight is 377 g/mol. The maximum absolute atomic E-state index is 13.9. The second-order valence-electron chi connectivity index (χ2n) is 6.21. The summed E-state index contributed by atoms with van der Waals surface area (Å²) in [7, 11) is 0. The lowest BCUT2D eigenvalue weighted by Crippen LogP contribution is -2.52. The molecule has 1 fully saturated rings. The summed E-state index contributed by atoms with van der Waals surface area (Å²) >= 11 is 6.13. The van der Waals surface area contributed by atoms with Crippen LogP contribution in [0, 0.1) is 5.82 Å². The number of hydrogen-bond donors (Lipinski definition) is 0. The van der Waals surface area contributed by atoms with Crippen LogP contribution in [-0.2, 0) is 4.79 Å². The van der Waals surface area contributed by atoms with Crippen molar-refractivity contribution in [2.45, 2.75) is 19.4 Å². The van der Waals surface area contributed by atoms with E-state index in [-0.39, 0.29) is 11.7 Å². The molecule has 6 heteroatoms. The van der Waals surface area contributed by atoms with Crippen molar-refractivity contribution in [2.75, 3.05) is 31.1 Å². The number of benzene rings is 2. The number of para-hydroxylation sites is 2. The summed E-state index contributed by atoms with van der Waals surface area (Å²) in [6.07, 6.45) is -0.0210. The van der Waals surface area contributed by atoms with Gasteiger partial charge in [-0.2, -0.15) is 0 Å². The van der Waals surface area contributed by atoms with E-state index in [0.29, 0.717) is 49.1 Å². The van der Waals surface area contributed by atoms with Crippen LogP contribution >= 0.6 is 11.6 Å². The Hall–Kier alpha value is -2.27. The zero-order valence-corrected chi connectivity index (χ0v) is 15.5. The van der Waals surface area contributed by atoms with E-state index >= 15 is 0 Å². The molecule has 1 aliphatic rings. The maximum Gasteiger partial charge on any atom is 0.263 e. The van der Waals surface area contributed by atoms with Crippen LogP contribution in [0.5, 0.6) is 5.75 Å². The van der Waals surface area contributed by atoms with Gasteiger partial charge in [-0.3, -0.25) is 4.79 Å². The lowest BCUT2D eigenvalue weighted by atomic mass is 10.2. The fraction of sp³-hybridized carbons (Fsp3) is 0.350. The van der Waals surface area contributed by atoms with Gasteiger partial charge in [0.1, 0.15) is 11.6 Å². The lowest BCUT2D eigenvalue weighted by Gasteiger charge is -2.37. The third-order valence-corrected chi connectivity index (χ3v) is 4.85. The first-order valence-electron chi connectivity index (χ1n) is 8.79. The van der Waals surface area contributed by atoms with Crippen molar-refractivity contribution in [1.29, 1.82) is 0 Å². The quantitative estimate of drug-likeness (QED) is 0.791. The minimum atomic E-state index is -0.574. The third-order valence-electron chi connectivity index (χ3n) is 4.54. The van der Waals surface area contributed by atoms with Gasteiger partial charge in [0.25, 0.3) is 5.91 Å². The molecule has 1 saturated heterocycles. The molecule has 2 aromatic carbocycles. The standard InChI is InChI=1S/C20H22ClFN2O2/c1-2-18(26-19-10-6-3-7-15(19)21)20(25)24-13-11-23(12-14-24)17-9-5-4-8-16(17)22/h3-10,18H,2,11-14H2,1H3/t18-/m0/s1. The van der Waals surface area contributed by atoms with E-state index in [4.69, 9.17) is 16.3 Å². The monoisotopic (exact) mass is 376 g/mol. The number of piperazine rings is 1. The minimum Gasteiger partial charge on any atom is -0.479 e. The Kier molecular flexibility index (Phi) is 5.99. The van der Waals surface area contributed by atoms with Gasteiger partial charge in [0.15, 0.2) is 6.10 Å². The number of carbonyl (C=O) groups is 1. The van der Waals surface area contributed by atoms with E-state index in [2.05, 4.69) is 0 Å². The van der Waals surface area contributed by atoms with E-state index in [1.165, 1.54) is 6.07 Å². The highest BCUT2D eigenvalue weighted by Crippen LogP contribution is 2.26. The summed E-state index contributed by atoms with van der Waals surface area (Å²) in [5, 5.41) is 0.489. The molecule has 0 spiro atoms. The molecule has 0 bridgehead atoms. The smallest absolute Gasteiger partial charge is 0.263 e. The Morgan fingerprint density at radius 1 is 1.12 bits per heavy atom. The van der Waals surface area contributed by atoms with Gasteiger partial charge in [-0.15, -0.1) is 0 Å². The Morgan fingerprint density at radius 2 is 1.77 bits per heavy atom. The summed E-state index contributed by atoms with van der Waals surface area (Å²) < 4.78 is 19.8. The first-order chi connectivity index (χ1) is 12.6. The Bertz CT molecular complexity index is 763. The normalized spacial score (nSPS) is 15.7. The minimum absolute atomic E-state index is 0.0550. The molecule has 0 unspecified atom stereocenters. The second-order valence-corrected chi connectivity index (χ2v) is 6.62. The maximum atomic E-state index is 13.9. The molecule has 4 nitrogen and oxygen atoms in total. The van der Waals surface area contributed by atoms with Gasteiger partial charge in [0, 0.05) is 26.2 Å². The molecule has 0 N–H and O–H groups in total. The van der Waals surface area contributed by atoms with Gasteiger partial charge in [0.2, 0.25) is 0 Å². The van der Waals surface area contributed by atoms with Crippen LogP contribution in [0.25, 0.3) is 0 Å². The molecule has 1 amide bonds. The average Bonchev–Trinajstić information content (AvgIpc) is 2.67. The number of rotatable bonds is 5. The van der Waals surface area contributed by atoms with Crippen molar-refractivity contribution in [3.63, 3.8) is 0 Å². The van der Waals surface area contributed by atoms with Crippen LogP contribution in [0.15, 0.2) is 48.5 Å². The van der Waals surface area contributed by atoms with Crippen LogP contribution in [0.3, 0.4) is 0 Å². The molecule has 1 aliphatic heterocycles. The molecule has 2 aromatic rings. The van der Waals surface area contributed by atoms with Crippen molar-refractivity contribution >= 4 is 23.2 Å². The number of halogens is 2. The van der Waals surface area contributed by atoms with E-state index in [1.807, 2.05) is 30.0 Å². The first kappa shape index (κ1) is 18.5. The van der Waals surface area contributed by atoms with Gasteiger partial charge in [-0.05, 0) is 30.7 Å². The van der Waals surface area contributed by atoms with Gasteiger partial charge < -0.3 is 14.5 Å². The molecule has 26 heavy (non-hydrogen) atoms. The van der Waals surface area contributed by atoms with Crippen molar-refractivity contribution in [2.24, 2.45) is 0 Å². The molecule has 1 atom stereocenters. The van der Waals surface area contributed by atoms with Crippen LogP contribution in [0.1, 0.15) is 13.3 Å². The number of carbonyl (C=O) groups excluding carboxylic acids is 1. The molecule has 3 rings (SSSR count). The Labute approximate surface area is 158 Å².